The zero-order valence-electron chi connectivity index (χ0n) is 25.7. The van der Waals surface area contributed by atoms with E-state index in [0.717, 1.165) is 42.4 Å². The highest BCUT2D eigenvalue weighted by molar-refractivity contribution is 6.33. The summed E-state index contributed by atoms with van der Waals surface area (Å²) in [6, 6.07) is 14.6. The van der Waals surface area contributed by atoms with Crippen molar-refractivity contribution in [3.63, 3.8) is 0 Å². The summed E-state index contributed by atoms with van der Waals surface area (Å²) in [7, 11) is 0. The molecule has 1 saturated carbocycles. The van der Waals surface area contributed by atoms with Crippen molar-refractivity contribution in [2.75, 3.05) is 11.9 Å². The predicted molar refractivity (Wildman–Crippen MR) is 182 cm³/mol. The molecule has 1 aromatic heterocycles. The van der Waals surface area contributed by atoms with E-state index in [2.05, 4.69) is 26.1 Å². The molecular weight excluding hydrogens is 630 g/mol. The van der Waals surface area contributed by atoms with Crippen molar-refractivity contribution in [2.24, 2.45) is 17.6 Å². The highest BCUT2D eigenvalue weighted by Crippen LogP contribution is 2.30. The summed E-state index contributed by atoms with van der Waals surface area (Å²) in [5.41, 5.74) is 9.41. The molecule has 3 amide bonds. The number of hydrogen-bond acceptors (Lipinski definition) is 5. The SMILES string of the molecule is CC(C)NC(=O)c1ccc(-c2ccc(C[C@H](NC(=O)[C@H]3CC[C@H](CN)CC3)C(=O)Nc3cc(F)c4cn[nH]c4c3)cc2)c(Cl)c1.Cl. The van der Waals surface area contributed by atoms with Gasteiger partial charge in [0, 0.05) is 40.2 Å². The van der Waals surface area contributed by atoms with E-state index in [-0.39, 0.29) is 48.3 Å². The summed E-state index contributed by atoms with van der Waals surface area (Å²) in [5.74, 6) is -1.13. The van der Waals surface area contributed by atoms with Crippen LogP contribution in [-0.4, -0.2) is 46.5 Å². The van der Waals surface area contributed by atoms with Crippen molar-refractivity contribution >= 4 is 58.3 Å². The molecule has 1 fully saturated rings. The number of anilines is 1. The molecule has 1 atom stereocenters. The number of nitrogens with zero attached hydrogens (tertiary/aromatic N) is 1. The van der Waals surface area contributed by atoms with Gasteiger partial charge in [-0.05, 0) is 87.4 Å². The molecule has 0 radical (unpaired) electrons. The van der Waals surface area contributed by atoms with Crippen LogP contribution in [0.4, 0.5) is 10.1 Å². The van der Waals surface area contributed by atoms with Gasteiger partial charge in [0.2, 0.25) is 11.8 Å². The lowest BCUT2D eigenvalue weighted by atomic mass is 9.81. The number of halogens is 3. The number of carbonyl (C=O) groups excluding carboxylic acids is 3. The second kappa shape index (κ2) is 15.5. The van der Waals surface area contributed by atoms with Gasteiger partial charge in [0.05, 0.1) is 17.1 Å². The topological polar surface area (TPSA) is 142 Å². The number of benzene rings is 3. The fourth-order valence-electron chi connectivity index (χ4n) is 5.76. The van der Waals surface area contributed by atoms with Gasteiger partial charge in [-0.25, -0.2) is 4.39 Å². The van der Waals surface area contributed by atoms with Crippen LogP contribution in [0.25, 0.3) is 22.0 Å². The summed E-state index contributed by atoms with van der Waals surface area (Å²) in [5, 5.41) is 15.9. The van der Waals surface area contributed by atoms with Crippen LogP contribution in [0.15, 0.2) is 60.8 Å². The van der Waals surface area contributed by atoms with E-state index >= 15 is 0 Å². The number of nitrogens with one attached hydrogen (secondary N) is 4. The normalized spacial score (nSPS) is 16.8. The van der Waals surface area contributed by atoms with Crippen molar-refractivity contribution in [2.45, 2.75) is 58.0 Å². The number of amides is 3. The minimum absolute atomic E-state index is 0. The number of aromatic nitrogens is 2. The van der Waals surface area contributed by atoms with E-state index in [1.54, 1.807) is 24.3 Å². The van der Waals surface area contributed by atoms with Gasteiger partial charge in [-0.2, -0.15) is 5.10 Å². The molecule has 0 bridgehead atoms. The van der Waals surface area contributed by atoms with Crippen LogP contribution in [0, 0.1) is 17.7 Å². The van der Waals surface area contributed by atoms with Gasteiger partial charge in [0.25, 0.3) is 5.91 Å². The van der Waals surface area contributed by atoms with Gasteiger partial charge in [0.1, 0.15) is 11.9 Å². The molecule has 0 saturated heterocycles. The molecule has 9 nitrogen and oxygen atoms in total. The first-order valence-electron chi connectivity index (χ1n) is 15.2. The second-order valence-corrected chi connectivity index (χ2v) is 12.4. The van der Waals surface area contributed by atoms with Crippen LogP contribution in [0.3, 0.4) is 0 Å². The van der Waals surface area contributed by atoms with Crippen LogP contribution in [0.2, 0.25) is 5.02 Å². The van der Waals surface area contributed by atoms with Gasteiger partial charge in [-0.3, -0.25) is 19.5 Å². The summed E-state index contributed by atoms with van der Waals surface area (Å²) >= 11 is 6.56. The summed E-state index contributed by atoms with van der Waals surface area (Å²) < 4.78 is 14.6. The molecule has 1 aliphatic carbocycles. The molecule has 0 spiro atoms. The van der Waals surface area contributed by atoms with E-state index in [1.807, 2.05) is 38.1 Å². The van der Waals surface area contributed by atoms with Crippen molar-refractivity contribution in [3.05, 3.63) is 82.8 Å². The third-order valence-corrected chi connectivity index (χ3v) is 8.63. The lowest BCUT2D eigenvalue weighted by Gasteiger charge is -2.28. The first-order valence-corrected chi connectivity index (χ1v) is 15.6. The van der Waals surface area contributed by atoms with Crippen LogP contribution >= 0.6 is 24.0 Å². The zero-order chi connectivity index (χ0) is 32.1. The summed E-state index contributed by atoms with van der Waals surface area (Å²) in [6.07, 6.45) is 4.79. The van der Waals surface area contributed by atoms with E-state index < -0.39 is 17.8 Å². The Morgan fingerprint density at radius 1 is 1.02 bits per heavy atom. The Bertz CT molecular complexity index is 1690. The molecule has 1 heterocycles. The minimum atomic E-state index is -0.904. The molecule has 0 unspecified atom stereocenters. The fourth-order valence-corrected chi connectivity index (χ4v) is 6.05. The van der Waals surface area contributed by atoms with Crippen molar-refractivity contribution in [1.29, 1.82) is 0 Å². The number of hydrogen-bond donors (Lipinski definition) is 5. The summed E-state index contributed by atoms with van der Waals surface area (Å²) in [4.78, 5) is 39.3. The largest absolute Gasteiger partial charge is 0.350 e. The van der Waals surface area contributed by atoms with Gasteiger partial charge in [0.15, 0.2) is 0 Å². The standard InChI is InChI=1S/C34H38ClFN6O3.ClH/c1-19(2)39-33(44)24-11-12-26(28(35)14-24)22-7-3-20(4-8-22)13-31(41-32(43)23-9-5-21(17-37)6-10-23)34(45)40-25-15-29(36)27-18-38-42-30(27)16-25;/h3-4,7-8,11-12,14-16,18-19,21,23,31H,5-6,9-10,13,17,37H2,1-2H3,(H,38,42)(H,39,44)(H,40,45)(H,41,43);1H/t21-,23-,31-;/m0./s1. The maximum Gasteiger partial charge on any atom is 0.251 e. The third-order valence-electron chi connectivity index (χ3n) is 8.32. The van der Waals surface area contributed by atoms with Crippen LogP contribution < -0.4 is 21.7 Å². The quantitative estimate of drug-likeness (QED) is 0.141. The monoisotopic (exact) mass is 668 g/mol. The zero-order valence-corrected chi connectivity index (χ0v) is 27.3. The number of carbonyl (C=O) groups is 3. The Morgan fingerprint density at radius 3 is 2.39 bits per heavy atom. The number of aromatic amines is 1. The minimum Gasteiger partial charge on any atom is -0.350 e. The number of rotatable bonds is 10. The van der Waals surface area contributed by atoms with Crippen LogP contribution in [-0.2, 0) is 16.0 Å². The fraction of sp³-hybridized carbons (Fsp3) is 0.353. The Labute approximate surface area is 278 Å². The molecule has 0 aliphatic heterocycles. The molecular formula is C34H39Cl2FN6O3. The molecule has 4 aromatic rings. The third kappa shape index (κ3) is 8.43. The Morgan fingerprint density at radius 2 is 1.74 bits per heavy atom. The number of H-pyrrole nitrogens is 1. The maximum atomic E-state index is 14.6. The van der Waals surface area contributed by atoms with E-state index in [1.165, 1.54) is 12.3 Å². The van der Waals surface area contributed by atoms with Gasteiger partial charge in [-0.1, -0.05) is 41.9 Å². The Kier molecular flexibility index (Phi) is 11.8. The predicted octanol–water partition coefficient (Wildman–Crippen LogP) is 6.01. The smallest absolute Gasteiger partial charge is 0.251 e. The molecule has 12 heteroatoms. The van der Waals surface area contributed by atoms with Crippen molar-refractivity contribution in [1.82, 2.24) is 20.8 Å². The lowest BCUT2D eigenvalue weighted by molar-refractivity contribution is -0.130. The summed E-state index contributed by atoms with van der Waals surface area (Å²) in [6.45, 7) is 4.39. The second-order valence-electron chi connectivity index (χ2n) is 12.0. The van der Waals surface area contributed by atoms with Gasteiger partial charge < -0.3 is 21.7 Å². The van der Waals surface area contributed by atoms with E-state index in [4.69, 9.17) is 17.3 Å². The van der Waals surface area contributed by atoms with Crippen LogP contribution in [0.5, 0.6) is 0 Å². The Balaban J connectivity index is 0.00000480. The van der Waals surface area contributed by atoms with Crippen molar-refractivity contribution in [3.8, 4) is 11.1 Å². The van der Waals surface area contributed by atoms with Gasteiger partial charge >= 0.3 is 0 Å². The maximum absolute atomic E-state index is 14.6. The number of fused-ring (bicyclic) bond motifs is 1. The average Bonchev–Trinajstić information content (AvgIpc) is 3.50. The number of nitrogens with two attached hydrogens (primary N) is 1. The van der Waals surface area contributed by atoms with Crippen molar-refractivity contribution < 1.29 is 18.8 Å². The average molecular weight is 670 g/mol. The van der Waals surface area contributed by atoms with E-state index in [0.29, 0.717) is 34.0 Å². The highest BCUT2D eigenvalue weighted by Gasteiger charge is 2.29. The van der Waals surface area contributed by atoms with Crippen LogP contribution in [0.1, 0.15) is 55.5 Å². The highest BCUT2D eigenvalue weighted by atomic mass is 35.5. The molecule has 1 aliphatic rings. The first-order chi connectivity index (χ1) is 21.6. The molecule has 6 N–H and O–H groups in total. The molecule has 244 valence electrons. The Hall–Kier alpha value is -3.99. The lowest BCUT2D eigenvalue weighted by Crippen LogP contribution is -2.48. The van der Waals surface area contributed by atoms with Gasteiger partial charge in [-0.15, -0.1) is 12.4 Å². The molecule has 3 aromatic carbocycles. The molecule has 46 heavy (non-hydrogen) atoms. The molecule has 5 rings (SSSR count). The first kappa shape index (κ1) is 34.9. The van der Waals surface area contributed by atoms with E-state index in [9.17, 15) is 18.8 Å².